The highest BCUT2D eigenvalue weighted by atomic mass is 32.2. The number of carboxylic acids is 2. The van der Waals surface area contributed by atoms with Crippen LogP contribution in [0.15, 0.2) is 46.5 Å². The number of nitrogens with zero attached hydrogens (tertiary/aromatic N) is 8. The number of aliphatic hydroxyl groups excluding tert-OH is 2. The van der Waals surface area contributed by atoms with Gasteiger partial charge in [-0.3, -0.25) is 19.3 Å². The molecule has 2 aromatic rings. The first-order valence-electron chi connectivity index (χ1n) is 15.9. The number of carbonyl (C=O) groups excluding carboxylic acids is 2. The molecule has 0 aromatic carbocycles. The van der Waals surface area contributed by atoms with Gasteiger partial charge < -0.3 is 25.3 Å². The van der Waals surface area contributed by atoms with Crippen LogP contribution >= 0.6 is 23.5 Å². The summed E-state index contributed by atoms with van der Waals surface area (Å²) in [6.45, 7) is 8.66. The van der Waals surface area contributed by atoms with Gasteiger partial charge in [-0.05, 0) is 23.8 Å². The predicted molar refractivity (Wildman–Crippen MR) is 167 cm³/mol. The first-order chi connectivity index (χ1) is 22.8. The van der Waals surface area contributed by atoms with Crippen LogP contribution < -0.4 is 9.36 Å². The van der Waals surface area contributed by atoms with Crippen LogP contribution in [0.1, 0.15) is 27.7 Å². The van der Waals surface area contributed by atoms with E-state index in [2.05, 4.69) is 9.97 Å². The Kier molecular flexibility index (Phi) is 8.19. The van der Waals surface area contributed by atoms with E-state index in [-0.39, 0.29) is 27.8 Å². The molecule has 2 amide bonds. The van der Waals surface area contributed by atoms with Gasteiger partial charge in [0.1, 0.15) is 30.4 Å². The SMILES string of the molecule is CC(O)C(C(=O)O)C1C(C)C(SC2Cn3cnc[n+]3C2)=C(C(=O)O)N1C(=O)C1=C(SC2Cn3cnc[n+]3C2)C(C)C2C(C(C)O)C(=O)N12. The molecule has 0 spiro atoms. The second-order valence-electron chi connectivity index (χ2n) is 13.3. The Morgan fingerprint density at radius 1 is 0.896 bits per heavy atom. The van der Waals surface area contributed by atoms with E-state index in [1.54, 1.807) is 32.2 Å². The van der Waals surface area contributed by atoms with Gasteiger partial charge in [-0.2, -0.15) is 18.7 Å². The van der Waals surface area contributed by atoms with Gasteiger partial charge in [-0.15, -0.1) is 23.5 Å². The Labute approximate surface area is 283 Å². The van der Waals surface area contributed by atoms with Gasteiger partial charge in [0, 0.05) is 21.6 Å². The molecule has 48 heavy (non-hydrogen) atoms. The number of fused-ring (bicyclic) bond motifs is 3. The quantitative estimate of drug-likeness (QED) is 0.172. The molecule has 1 saturated heterocycles. The zero-order valence-corrected chi connectivity index (χ0v) is 28.4. The summed E-state index contributed by atoms with van der Waals surface area (Å²) in [5.74, 6) is -7.42. The molecule has 4 N–H and O–H groups in total. The fourth-order valence-corrected chi connectivity index (χ4v) is 11.0. The zero-order chi connectivity index (χ0) is 34.3. The molecule has 0 saturated carbocycles. The van der Waals surface area contributed by atoms with Gasteiger partial charge in [0.05, 0.1) is 53.8 Å². The van der Waals surface area contributed by atoms with Crippen molar-refractivity contribution in [3.63, 3.8) is 0 Å². The van der Waals surface area contributed by atoms with Crippen molar-refractivity contribution in [1.82, 2.24) is 29.1 Å². The molecule has 5 aliphatic rings. The number of carbonyl (C=O) groups is 4. The lowest BCUT2D eigenvalue weighted by Gasteiger charge is -2.47. The molecule has 2 aromatic heterocycles. The maximum atomic E-state index is 15.1. The molecule has 7 heterocycles. The molecule has 18 heteroatoms. The van der Waals surface area contributed by atoms with Crippen LogP contribution in [0.2, 0.25) is 0 Å². The van der Waals surface area contributed by atoms with E-state index in [9.17, 15) is 34.8 Å². The molecule has 0 bridgehead atoms. The van der Waals surface area contributed by atoms with E-state index in [1.807, 2.05) is 25.7 Å². The van der Waals surface area contributed by atoms with Crippen LogP contribution in [0.5, 0.6) is 0 Å². The standard InChI is InChI=1S/C30H36N8O8S2/c1-13-21-19(15(3)39)27(41)37(21)23(25(13)47-17-5-33-9-31-10-34(33)6-17)28(42)38-22(20(16(4)40)29(43)44)14(2)26(24(38)30(45)46)48-18-7-35-11-32-12-36(35)8-18/h9-22,39-40H,5-8H2,1-4H3/p+2. The number of hydrogen-bond acceptors (Lipinski definition) is 10. The molecule has 0 aliphatic carbocycles. The van der Waals surface area contributed by atoms with Crippen molar-refractivity contribution in [3.05, 3.63) is 46.5 Å². The maximum absolute atomic E-state index is 15.1. The van der Waals surface area contributed by atoms with Gasteiger partial charge in [0.25, 0.3) is 5.91 Å². The predicted octanol–water partition coefficient (Wildman–Crippen LogP) is -1.12. The van der Waals surface area contributed by atoms with Gasteiger partial charge in [-0.25, -0.2) is 4.79 Å². The first-order valence-corrected chi connectivity index (χ1v) is 17.7. The summed E-state index contributed by atoms with van der Waals surface area (Å²) in [5, 5.41) is 42.3. The van der Waals surface area contributed by atoms with E-state index >= 15 is 4.79 Å². The Bertz CT molecular complexity index is 1730. The van der Waals surface area contributed by atoms with Gasteiger partial charge in [0.15, 0.2) is 0 Å². The number of amides is 2. The third-order valence-corrected chi connectivity index (χ3v) is 13.1. The van der Waals surface area contributed by atoms with Crippen LogP contribution in [0.4, 0.5) is 0 Å². The number of hydrogen-bond donors (Lipinski definition) is 4. The van der Waals surface area contributed by atoms with Crippen molar-refractivity contribution in [2.75, 3.05) is 0 Å². The minimum absolute atomic E-state index is 0.00877. The average Bonchev–Trinajstić information content (AvgIpc) is 3.82. The summed E-state index contributed by atoms with van der Waals surface area (Å²) < 4.78 is 7.67. The molecule has 8 unspecified atom stereocenters. The van der Waals surface area contributed by atoms with Crippen molar-refractivity contribution >= 4 is 47.3 Å². The number of thioether (sulfide) groups is 2. The Balaban J connectivity index is 1.32. The monoisotopic (exact) mass is 702 g/mol. The fraction of sp³-hybridized carbons (Fsp3) is 0.600. The molecular formula is C30H38N8O8S2+2. The number of aliphatic carboxylic acids is 2. The lowest BCUT2D eigenvalue weighted by molar-refractivity contribution is -0.758. The number of β-lactam (4-membered cyclic amide) rings is 1. The molecular weight excluding hydrogens is 665 g/mol. The van der Waals surface area contributed by atoms with E-state index in [4.69, 9.17) is 0 Å². The minimum Gasteiger partial charge on any atom is -0.481 e. The van der Waals surface area contributed by atoms with Crippen molar-refractivity contribution in [1.29, 1.82) is 0 Å². The highest BCUT2D eigenvalue weighted by Gasteiger charge is 2.62. The highest BCUT2D eigenvalue weighted by Crippen LogP contribution is 2.54. The summed E-state index contributed by atoms with van der Waals surface area (Å²) in [5.41, 5.74) is -0.338. The third kappa shape index (κ3) is 4.97. The second-order valence-corrected chi connectivity index (χ2v) is 16.0. The normalized spacial score (nSPS) is 31.1. The maximum Gasteiger partial charge on any atom is 0.353 e. The average molecular weight is 703 g/mol. The van der Waals surface area contributed by atoms with E-state index < -0.39 is 65.8 Å². The molecule has 8 atom stereocenters. The van der Waals surface area contributed by atoms with Crippen LogP contribution in [-0.4, -0.2) is 108 Å². The van der Waals surface area contributed by atoms with Gasteiger partial charge in [0.2, 0.25) is 18.6 Å². The number of aliphatic hydroxyl groups is 2. The van der Waals surface area contributed by atoms with Crippen molar-refractivity contribution < 1.29 is 49.0 Å². The molecule has 5 aliphatic heterocycles. The van der Waals surface area contributed by atoms with Gasteiger partial charge >= 0.3 is 24.6 Å². The molecule has 0 radical (unpaired) electrons. The van der Waals surface area contributed by atoms with Crippen molar-refractivity contribution in [2.24, 2.45) is 23.7 Å². The third-order valence-electron chi connectivity index (χ3n) is 10.2. The van der Waals surface area contributed by atoms with Gasteiger partial charge in [-0.1, -0.05) is 13.8 Å². The topological polar surface area (TPSA) is 199 Å². The van der Waals surface area contributed by atoms with E-state index in [0.29, 0.717) is 36.0 Å². The fourth-order valence-electron chi connectivity index (χ4n) is 8.07. The number of carboxylic acid groups (broad SMARTS) is 2. The Morgan fingerprint density at radius 2 is 1.44 bits per heavy atom. The second kappa shape index (κ2) is 12.0. The summed E-state index contributed by atoms with van der Waals surface area (Å²) in [6.07, 6.45) is 4.35. The number of aromatic nitrogens is 6. The number of rotatable bonds is 10. The Hall–Kier alpha value is -3.74. The lowest BCUT2D eigenvalue weighted by Crippen LogP contribution is -2.64. The molecule has 16 nitrogen and oxygen atoms in total. The summed E-state index contributed by atoms with van der Waals surface area (Å²) in [4.78, 5) is 66.2. The van der Waals surface area contributed by atoms with Crippen molar-refractivity contribution in [3.8, 4) is 0 Å². The van der Waals surface area contributed by atoms with Crippen LogP contribution in [0.25, 0.3) is 0 Å². The van der Waals surface area contributed by atoms with Crippen molar-refractivity contribution in [2.45, 2.75) is 88.7 Å². The summed E-state index contributed by atoms with van der Waals surface area (Å²) >= 11 is 2.72. The zero-order valence-electron chi connectivity index (χ0n) is 26.7. The molecule has 1 fully saturated rings. The summed E-state index contributed by atoms with van der Waals surface area (Å²) in [7, 11) is 0. The van der Waals surface area contributed by atoms with E-state index in [0.717, 1.165) is 4.90 Å². The highest BCUT2D eigenvalue weighted by molar-refractivity contribution is 8.04. The van der Waals surface area contributed by atoms with E-state index in [1.165, 1.54) is 42.3 Å². The Morgan fingerprint density at radius 3 is 1.90 bits per heavy atom. The van der Waals surface area contributed by atoms with Crippen LogP contribution in [0.3, 0.4) is 0 Å². The summed E-state index contributed by atoms with van der Waals surface area (Å²) in [6, 6.07) is -1.78. The minimum atomic E-state index is -1.53. The smallest absolute Gasteiger partial charge is 0.353 e. The molecule has 7 rings (SSSR count). The largest absolute Gasteiger partial charge is 0.481 e. The molecule has 256 valence electrons. The van der Waals surface area contributed by atoms with Crippen LogP contribution in [0, 0.1) is 23.7 Å². The van der Waals surface area contributed by atoms with Crippen LogP contribution in [-0.2, 0) is 45.4 Å². The first kappa shape index (κ1) is 32.8. The lowest BCUT2D eigenvalue weighted by atomic mass is 9.79.